The maximum atomic E-state index is 14.2. The zero-order valence-corrected chi connectivity index (χ0v) is 36.1. The van der Waals surface area contributed by atoms with E-state index in [0.717, 1.165) is 17.7 Å². The Hall–Kier alpha value is -5.81. The summed E-state index contributed by atoms with van der Waals surface area (Å²) in [5.74, 6) is -4.91. The van der Waals surface area contributed by atoms with Gasteiger partial charge in [-0.1, -0.05) is 86.6 Å². The lowest BCUT2D eigenvalue weighted by molar-refractivity contribution is -0.155. The minimum absolute atomic E-state index is 0.0332. The van der Waals surface area contributed by atoms with Gasteiger partial charge in [-0.2, -0.15) is 0 Å². The molecule has 0 aliphatic carbocycles. The van der Waals surface area contributed by atoms with E-state index in [2.05, 4.69) is 32.8 Å². The molecule has 324 valence electrons. The second kappa shape index (κ2) is 22.0. The van der Waals surface area contributed by atoms with E-state index in [9.17, 15) is 37.2 Å². The van der Waals surface area contributed by atoms with E-state index < -0.39 is 98.5 Å². The molecule has 0 aliphatic heterocycles. The molecule has 0 aliphatic rings. The Kier molecular flexibility index (Phi) is 17.8. The number of rotatable bonds is 19. The van der Waals surface area contributed by atoms with Crippen molar-refractivity contribution in [3.05, 3.63) is 101 Å². The number of nitrogens with one attached hydrogen (secondary N) is 4. The topological polar surface area (TPSA) is 225 Å². The number of pyridine rings is 1. The van der Waals surface area contributed by atoms with E-state index in [1.54, 1.807) is 89.2 Å². The Bertz CT molecular complexity index is 2190. The first-order chi connectivity index (χ1) is 28.0. The Morgan fingerprint density at radius 2 is 1.45 bits per heavy atom. The number of fused-ring (bicyclic) bond motifs is 1. The lowest BCUT2D eigenvalue weighted by Gasteiger charge is -2.28. The van der Waals surface area contributed by atoms with Gasteiger partial charge in [0.05, 0.1) is 30.2 Å². The summed E-state index contributed by atoms with van der Waals surface area (Å²) < 4.78 is 39.4. The van der Waals surface area contributed by atoms with Crippen LogP contribution in [0, 0.1) is 5.92 Å². The Morgan fingerprint density at radius 1 is 0.817 bits per heavy atom. The predicted octanol–water partition coefficient (Wildman–Crippen LogP) is 4.51. The van der Waals surface area contributed by atoms with Gasteiger partial charge in [-0.15, -0.1) is 0 Å². The van der Waals surface area contributed by atoms with Gasteiger partial charge in [0, 0.05) is 23.8 Å². The summed E-state index contributed by atoms with van der Waals surface area (Å²) >= 11 is 6.03. The largest absolute Gasteiger partial charge is 0.460 e. The fraction of sp³-hybridized carbons (Fsp3) is 0.405. The third-order valence-corrected chi connectivity index (χ3v) is 10.1. The van der Waals surface area contributed by atoms with Crippen LogP contribution in [0.2, 0.25) is 0 Å². The number of esters is 2. The number of hydrogen-bond donors (Lipinski definition) is 4. The van der Waals surface area contributed by atoms with Crippen molar-refractivity contribution in [3.63, 3.8) is 0 Å². The fourth-order valence-electron chi connectivity index (χ4n) is 5.49. The number of aromatic nitrogens is 1. The number of alkyl carbamates (subject to hydrolysis) is 1. The molecule has 4 amide bonds. The van der Waals surface area contributed by atoms with Crippen LogP contribution >= 0.6 is 11.6 Å². The Labute approximate surface area is 354 Å². The number of carbonyl (C=O) groups is 6. The number of allylic oxidation sites excluding steroid dienone is 1. The van der Waals surface area contributed by atoms with E-state index in [4.69, 9.17) is 25.8 Å². The van der Waals surface area contributed by atoms with E-state index in [0.29, 0.717) is 16.8 Å². The highest BCUT2D eigenvalue weighted by Gasteiger charge is 2.34. The van der Waals surface area contributed by atoms with Crippen LogP contribution in [0.15, 0.2) is 89.5 Å². The summed E-state index contributed by atoms with van der Waals surface area (Å²) in [5.41, 5.74) is 0.724. The number of nitrogens with zero attached hydrogens (tertiary/aromatic N) is 1. The van der Waals surface area contributed by atoms with Gasteiger partial charge in [-0.05, 0) is 57.4 Å². The van der Waals surface area contributed by atoms with Crippen LogP contribution in [0.4, 0.5) is 4.79 Å². The van der Waals surface area contributed by atoms with Crippen molar-refractivity contribution in [3.8, 4) is 0 Å². The smallest absolute Gasteiger partial charge is 0.408 e. The third kappa shape index (κ3) is 16.8. The summed E-state index contributed by atoms with van der Waals surface area (Å²) in [6.45, 7) is 12.9. The summed E-state index contributed by atoms with van der Waals surface area (Å²) in [5, 5.41) is 11.0. The molecule has 0 fully saturated rings. The van der Waals surface area contributed by atoms with Gasteiger partial charge in [0.15, 0.2) is 9.84 Å². The molecule has 0 spiro atoms. The first kappa shape index (κ1) is 48.6. The van der Waals surface area contributed by atoms with Crippen molar-refractivity contribution in [1.29, 1.82) is 0 Å². The van der Waals surface area contributed by atoms with Crippen LogP contribution < -0.4 is 21.3 Å². The molecule has 18 heteroatoms. The third-order valence-electron chi connectivity index (χ3n) is 8.25. The second-order valence-corrected chi connectivity index (χ2v) is 17.9. The van der Waals surface area contributed by atoms with Crippen LogP contribution in [-0.4, -0.2) is 85.2 Å². The standard InChI is InChI=1S/C42H52ClN5O11S/c1-25(2)37(40(53)45-30(21-34(43)60(8,55)56)22-36(50)59-42(5,6)7)48-39(52)32(20-29-19-18-28-16-12-13-17-31(28)44-29)46-38(51)33(23-35(49)58-26(3)4)47-41(54)57-24-27-14-10-9-11-15-27/h9-19,21,25,30,32-33,37H,3,20,22-24H2,1-2,4-8H3,(H,45,53)(H,46,51)(H,47,54)(H,48,52)/b34-21+/t30-,32+,33+,37+/m1/s1. The zero-order chi connectivity index (χ0) is 44.8. The molecular weight excluding hydrogens is 818 g/mol. The normalized spacial score (nSPS) is 13.8. The van der Waals surface area contributed by atoms with Gasteiger partial charge < -0.3 is 35.5 Å². The number of ether oxygens (including phenoxy) is 3. The van der Waals surface area contributed by atoms with Crippen LogP contribution in [-0.2, 0) is 61.0 Å². The van der Waals surface area contributed by atoms with Crippen molar-refractivity contribution in [2.24, 2.45) is 5.92 Å². The van der Waals surface area contributed by atoms with Crippen molar-refractivity contribution in [2.75, 3.05) is 6.26 Å². The predicted molar refractivity (Wildman–Crippen MR) is 224 cm³/mol. The molecule has 3 aromatic rings. The van der Waals surface area contributed by atoms with Crippen LogP contribution in [0.3, 0.4) is 0 Å². The van der Waals surface area contributed by atoms with Gasteiger partial charge in [-0.25, -0.2) is 13.2 Å². The molecule has 1 heterocycles. The van der Waals surface area contributed by atoms with Crippen LogP contribution in [0.5, 0.6) is 0 Å². The average Bonchev–Trinajstić information content (AvgIpc) is 3.14. The number of para-hydroxylation sites is 1. The monoisotopic (exact) mass is 869 g/mol. The molecule has 0 radical (unpaired) electrons. The van der Waals surface area contributed by atoms with Crippen molar-refractivity contribution in [1.82, 2.24) is 26.3 Å². The summed E-state index contributed by atoms with van der Waals surface area (Å²) in [6.07, 6.45) is -0.600. The average molecular weight is 870 g/mol. The fourth-order valence-corrected chi connectivity index (χ4v) is 6.05. The Morgan fingerprint density at radius 3 is 2.07 bits per heavy atom. The molecule has 0 bridgehead atoms. The van der Waals surface area contributed by atoms with Crippen LogP contribution in [0.25, 0.3) is 10.9 Å². The maximum Gasteiger partial charge on any atom is 0.408 e. The van der Waals surface area contributed by atoms with Gasteiger partial charge in [0.25, 0.3) is 0 Å². The van der Waals surface area contributed by atoms with Crippen molar-refractivity contribution >= 4 is 68.1 Å². The molecule has 4 atom stereocenters. The summed E-state index contributed by atoms with van der Waals surface area (Å²) in [4.78, 5) is 85.1. The number of hydrogen-bond acceptors (Lipinski definition) is 12. The van der Waals surface area contributed by atoms with Gasteiger partial charge in [0.2, 0.25) is 17.7 Å². The molecule has 16 nitrogen and oxygen atoms in total. The highest BCUT2D eigenvalue weighted by atomic mass is 35.5. The molecule has 0 unspecified atom stereocenters. The first-order valence-corrected chi connectivity index (χ1v) is 21.2. The van der Waals surface area contributed by atoms with E-state index in [1.807, 2.05) is 12.1 Å². The summed E-state index contributed by atoms with van der Waals surface area (Å²) in [7, 11) is -3.93. The number of carbonyl (C=O) groups excluding carboxylic acids is 6. The molecule has 4 N–H and O–H groups in total. The minimum Gasteiger partial charge on any atom is -0.460 e. The lowest BCUT2D eigenvalue weighted by Crippen LogP contribution is -2.59. The van der Waals surface area contributed by atoms with E-state index in [1.165, 1.54) is 6.92 Å². The second-order valence-electron chi connectivity index (χ2n) is 15.3. The lowest BCUT2D eigenvalue weighted by atomic mass is 10.0. The molecular formula is C42H52ClN5O11S. The van der Waals surface area contributed by atoms with E-state index >= 15 is 0 Å². The Balaban J connectivity index is 1.95. The minimum atomic E-state index is -3.93. The molecule has 3 rings (SSSR count). The van der Waals surface area contributed by atoms with Crippen molar-refractivity contribution < 1.29 is 51.4 Å². The van der Waals surface area contributed by atoms with E-state index in [-0.39, 0.29) is 18.8 Å². The van der Waals surface area contributed by atoms with Gasteiger partial charge >= 0.3 is 18.0 Å². The highest BCUT2D eigenvalue weighted by Crippen LogP contribution is 2.17. The number of benzene rings is 2. The first-order valence-electron chi connectivity index (χ1n) is 18.9. The van der Waals surface area contributed by atoms with Crippen LogP contribution in [0.1, 0.15) is 65.6 Å². The van der Waals surface area contributed by atoms with Gasteiger partial charge in [0.1, 0.15) is 34.7 Å². The van der Waals surface area contributed by atoms with Crippen molar-refractivity contribution in [2.45, 2.75) is 97.2 Å². The highest BCUT2D eigenvalue weighted by molar-refractivity contribution is 7.96. The SMILES string of the molecule is C=C(C)OC(=O)C[C@H](NC(=O)OCc1ccccc1)C(=O)N[C@@H](Cc1ccc2ccccc2n1)C(=O)N[C@H](C(=O)N[C@H](/C=C(\Cl)S(C)(=O)=O)CC(=O)OC(C)(C)C)C(C)C. The number of sulfone groups is 1. The quantitative estimate of drug-likeness (QED) is 0.0742. The summed E-state index contributed by atoms with van der Waals surface area (Å²) in [6, 6.07) is 13.7. The molecule has 2 aromatic carbocycles. The number of halogens is 1. The molecule has 60 heavy (non-hydrogen) atoms. The van der Waals surface area contributed by atoms with Gasteiger partial charge in [-0.3, -0.25) is 29.0 Å². The zero-order valence-electron chi connectivity index (χ0n) is 34.6. The molecule has 0 saturated carbocycles. The molecule has 0 saturated heterocycles. The maximum absolute atomic E-state index is 14.2. The molecule has 1 aromatic heterocycles. The number of amides is 4.